The monoisotopic (exact) mass is 325 g/mol. The lowest BCUT2D eigenvalue weighted by atomic mass is 9.97. The Kier molecular flexibility index (Phi) is 3.10. The molecule has 0 fully saturated rings. The summed E-state index contributed by atoms with van der Waals surface area (Å²) in [5, 5.41) is 3.39. The summed E-state index contributed by atoms with van der Waals surface area (Å²) in [5.41, 5.74) is 7.09. The van der Waals surface area contributed by atoms with Crippen molar-refractivity contribution < 1.29 is 0 Å². The molecule has 0 atom stereocenters. The zero-order chi connectivity index (χ0) is 16.6. The van der Waals surface area contributed by atoms with Gasteiger partial charge in [0.05, 0.1) is 29.0 Å². The van der Waals surface area contributed by atoms with Crippen LogP contribution in [0.2, 0.25) is 0 Å². The molecule has 5 heterocycles. The molecular weight excluding hydrogens is 310 g/mol. The molecule has 0 radical (unpaired) electrons. The Morgan fingerprint density at radius 3 is 2.84 bits per heavy atom. The maximum Gasteiger partial charge on any atom is 0.137 e. The van der Waals surface area contributed by atoms with Crippen LogP contribution in [-0.4, -0.2) is 26.6 Å². The number of aromatic nitrogens is 3. The van der Waals surface area contributed by atoms with Gasteiger partial charge in [-0.2, -0.15) is 0 Å². The summed E-state index contributed by atoms with van der Waals surface area (Å²) in [4.78, 5) is 13.3. The SMILES string of the molecule is C1=CCNC(c2cnc3ccc(C4=CN=C4c4ccccn4)cn23)=C1. The van der Waals surface area contributed by atoms with E-state index in [0.717, 1.165) is 46.1 Å². The first-order chi connectivity index (χ1) is 12.4. The van der Waals surface area contributed by atoms with E-state index in [0.29, 0.717) is 0 Å². The number of hydrogen-bond acceptors (Lipinski definition) is 4. The van der Waals surface area contributed by atoms with E-state index in [-0.39, 0.29) is 0 Å². The van der Waals surface area contributed by atoms with Gasteiger partial charge in [-0.15, -0.1) is 0 Å². The fraction of sp³-hybridized carbons (Fsp3) is 0.0500. The predicted octanol–water partition coefficient (Wildman–Crippen LogP) is 3.07. The maximum absolute atomic E-state index is 4.51. The number of rotatable bonds is 3. The maximum atomic E-state index is 4.51. The molecule has 5 heteroatoms. The third kappa shape index (κ3) is 2.29. The molecule has 0 aliphatic carbocycles. The molecule has 3 aromatic rings. The fourth-order valence-corrected chi connectivity index (χ4v) is 3.09. The van der Waals surface area contributed by atoms with Crippen LogP contribution in [0.4, 0.5) is 0 Å². The molecule has 0 saturated carbocycles. The Bertz CT molecular complexity index is 1080. The van der Waals surface area contributed by atoms with Gasteiger partial charge in [-0.05, 0) is 30.3 Å². The van der Waals surface area contributed by atoms with Crippen molar-refractivity contribution in [2.75, 3.05) is 6.54 Å². The van der Waals surface area contributed by atoms with Gasteiger partial charge >= 0.3 is 0 Å². The van der Waals surface area contributed by atoms with Gasteiger partial charge in [-0.25, -0.2) is 4.98 Å². The van der Waals surface area contributed by atoms with Crippen LogP contribution < -0.4 is 5.32 Å². The number of aliphatic imine (C=N–C) groups is 1. The largest absolute Gasteiger partial charge is 0.380 e. The normalized spacial score (nSPS) is 15.9. The van der Waals surface area contributed by atoms with Crippen LogP contribution in [0, 0.1) is 0 Å². The first-order valence-corrected chi connectivity index (χ1v) is 8.18. The molecule has 2 aliphatic rings. The number of hydrogen-bond donors (Lipinski definition) is 1. The van der Waals surface area contributed by atoms with E-state index in [1.165, 1.54) is 0 Å². The van der Waals surface area contributed by atoms with Crippen LogP contribution >= 0.6 is 0 Å². The highest BCUT2D eigenvalue weighted by molar-refractivity contribution is 6.34. The zero-order valence-electron chi connectivity index (χ0n) is 13.4. The minimum Gasteiger partial charge on any atom is -0.380 e. The van der Waals surface area contributed by atoms with Crippen molar-refractivity contribution in [2.24, 2.45) is 4.99 Å². The lowest BCUT2D eigenvalue weighted by molar-refractivity contribution is 0.972. The van der Waals surface area contributed by atoms with E-state index < -0.39 is 0 Å². The molecule has 5 rings (SSSR count). The number of pyridine rings is 2. The highest BCUT2D eigenvalue weighted by Gasteiger charge is 2.20. The molecule has 0 aromatic carbocycles. The van der Waals surface area contributed by atoms with Gasteiger partial charge in [0.25, 0.3) is 0 Å². The highest BCUT2D eigenvalue weighted by Crippen LogP contribution is 2.27. The molecule has 0 bridgehead atoms. The van der Waals surface area contributed by atoms with Crippen LogP contribution in [0.25, 0.3) is 16.9 Å². The predicted molar refractivity (Wildman–Crippen MR) is 99.1 cm³/mol. The summed E-state index contributed by atoms with van der Waals surface area (Å²) in [6, 6.07) is 9.99. The van der Waals surface area contributed by atoms with Crippen molar-refractivity contribution in [1.29, 1.82) is 0 Å². The van der Waals surface area contributed by atoms with Crippen LogP contribution in [0.3, 0.4) is 0 Å². The first kappa shape index (κ1) is 13.9. The van der Waals surface area contributed by atoms with Crippen molar-refractivity contribution in [3.05, 3.63) is 90.3 Å². The Morgan fingerprint density at radius 2 is 2.08 bits per heavy atom. The molecule has 5 nitrogen and oxygen atoms in total. The number of dihydropyridines is 1. The van der Waals surface area contributed by atoms with Gasteiger partial charge in [0.1, 0.15) is 5.65 Å². The quantitative estimate of drug-likeness (QED) is 0.805. The first-order valence-electron chi connectivity index (χ1n) is 8.18. The van der Waals surface area contributed by atoms with Crippen LogP contribution in [0.1, 0.15) is 17.0 Å². The van der Waals surface area contributed by atoms with Crippen molar-refractivity contribution >= 4 is 22.6 Å². The summed E-state index contributed by atoms with van der Waals surface area (Å²) in [6.45, 7) is 0.834. The van der Waals surface area contributed by atoms with Crippen LogP contribution in [-0.2, 0) is 0 Å². The molecule has 0 unspecified atom stereocenters. The van der Waals surface area contributed by atoms with E-state index in [9.17, 15) is 0 Å². The van der Waals surface area contributed by atoms with Gasteiger partial charge in [0.15, 0.2) is 0 Å². The molecule has 120 valence electrons. The summed E-state index contributed by atoms with van der Waals surface area (Å²) in [7, 11) is 0. The smallest absolute Gasteiger partial charge is 0.137 e. The Balaban J connectivity index is 1.55. The molecule has 0 saturated heterocycles. The Hall–Kier alpha value is -3.47. The van der Waals surface area contributed by atoms with Gasteiger partial charge in [-0.3, -0.25) is 14.4 Å². The van der Waals surface area contributed by atoms with E-state index in [1.807, 2.05) is 36.7 Å². The number of nitrogens with one attached hydrogen (secondary N) is 1. The van der Waals surface area contributed by atoms with Gasteiger partial charge < -0.3 is 5.32 Å². The minimum absolute atomic E-state index is 0.834. The van der Waals surface area contributed by atoms with Gasteiger partial charge in [0, 0.05) is 36.3 Å². The molecule has 3 aromatic heterocycles. The molecule has 0 spiro atoms. The standard InChI is InChI=1S/C20H15N5/c1-3-9-21-16(5-1)18-12-23-19-8-7-14(13-25(18)19)15-11-24-20(15)17-6-2-4-10-22-17/h1-8,10-13,21H,9H2. The Labute approximate surface area is 144 Å². The lowest BCUT2D eigenvalue weighted by Gasteiger charge is -2.17. The van der Waals surface area contributed by atoms with E-state index in [4.69, 9.17) is 0 Å². The zero-order valence-corrected chi connectivity index (χ0v) is 13.4. The second-order valence-corrected chi connectivity index (χ2v) is 5.91. The molecule has 1 N–H and O–H groups in total. The second-order valence-electron chi connectivity index (χ2n) is 5.91. The second kappa shape index (κ2) is 5.56. The lowest BCUT2D eigenvalue weighted by Crippen LogP contribution is -2.16. The minimum atomic E-state index is 0.834. The Morgan fingerprint density at radius 1 is 1.08 bits per heavy atom. The van der Waals surface area contributed by atoms with Crippen LogP contribution in [0.15, 0.2) is 78.3 Å². The molecule has 2 aliphatic heterocycles. The third-order valence-electron chi connectivity index (χ3n) is 4.39. The number of nitrogens with zero attached hydrogens (tertiary/aromatic N) is 4. The van der Waals surface area contributed by atoms with E-state index >= 15 is 0 Å². The average Bonchev–Trinajstić information content (AvgIpc) is 3.06. The number of imidazole rings is 1. The molecular formula is C20H15N5. The van der Waals surface area contributed by atoms with Crippen molar-refractivity contribution in [3.8, 4) is 0 Å². The van der Waals surface area contributed by atoms with Crippen molar-refractivity contribution in [1.82, 2.24) is 19.7 Å². The summed E-state index contributed by atoms with van der Waals surface area (Å²) in [5.74, 6) is 0. The summed E-state index contributed by atoms with van der Waals surface area (Å²) < 4.78 is 2.11. The highest BCUT2D eigenvalue weighted by atomic mass is 15.0. The van der Waals surface area contributed by atoms with Crippen molar-refractivity contribution in [3.63, 3.8) is 0 Å². The van der Waals surface area contributed by atoms with E-state index in [1.54, 1.807) is 6.20 Å². The topological polar surface area (TPSA) is 54.6 Å². The van der Waals surface area contributed by atoms with Gasteiger partial charge in [0.2, 0.25) is 0 Å². The number of allylic oxidation sites excluding steroid dienone is 3. The van der Waals surface area contributed by atoms with E-state index in [2.05, 4.69) is 55.2 Å². The van der Waals surface area contributed by atoms with Crippen molar-refractivity contribution in [2.45, 2.75) is 0 Å². The summed E-state index contributed by atoms with van der Waals surface area (Å²) in [6.07, 6.45) is 13.9. The molecule has 0 amide bonds. The number of fused-ring (bicyclic) bond motifs is 1. The third-order valence-corrected chi connectivity index (χ3v) is 4.39. The van der Waals surface area contributed by atoms with Crippen LogP contribution in [0.5, 0.6) is 0 Å². The average molecular weight is 325 g/mol. The fourth-order valence-electron chi connectivity index (χ4n) is 3.09. The molecule has 25 heavy (non-hydrogen) atoms. The van der Waals surface area contributed by atoms with Gasteiger partial charge in [-0.1, -0.05) is 18.2 Å². The summed E-state index contributed by atoms with van der Waals surface area (Å²) >= 11 is 0.